The molecule has 0 aliphatic carbocycles. The number of carbonyl (C=O) groups is 1. The van der Waals surface area contributed by atoms with Crippen LogP contribution in [0.25, 0.3) is 0 Å². The molecule has 1 N–H and O–H groups in total. The molecule has 1 aromatic carbocycles. The van der Waals surface area contributed by atoms with E-state index >= 15 is 4.39 Å². The van der Waals surface area contributed by atoms with Crippen LogP contribution in [0.2, 0.25) is 0 Å². The lowest BCUT2D eigenvalue weighted by molar-refractivity contribution is -0.135. The van der Waals surface area contributed by atoms with Gasteiger partial charge in [-0.3, -0.25) is 5.43 Å². The largest absolute Gasteiger partial charge is 0.461 e. The lowest BCUT2D eigenvalue weighted by atomic mass is 10.2. The number of carbonyl (C=O) groups excluding carboxylic acids is 1. The van der Waals surface area contributed by atoms with E-state index in [0.29, 0.717) is 6.26 Å². The zero-order chi connectivity index (χ0) is 24.1. The fourth-order valence-electron chi connectivity index (χ4n) is 2.14. The number of nitrogens with zero attached hydrogens (tertiary/aromatic N) is 2. The Balaban J connectivity index is 2.39. The predicted molar refractivity (Wildman–Crippen MR) is 113 cm³/mol. The molecule has 32 heavy (non-hydrogen) atoms. The molecule has 0 unspecified atom stereocenters. The van der Waals surface area contributed by atoms with Crippen molar-refractivity contribution in [2.24, 2.45) is 5.10 Å². The van der Waals surface area contributed by atoms with E-state index in [1.807, 2.05) is 0 Å². The van der Waals surface area contributed by atoms with Crippen molar-refractivity contribution in [2.75, 3.05) is 24.5 Å². The molecule has 0 bridgehead atoms. The van der Waals surface area contributed by atoms with E-state index in [0.717, 1.165) is 18.5 Å². The number of hydrazone groups is 1. The average molecular weight is 490 g/mol. The molecular weight excluding hydrogens is 469 g/mol. The molecule has 1 heterocycles. The number of esters is 1. The topological polar surface area (TPSA) is 150 Å². The number of rotatable bonds is 9. The van der Waals surface area contributed by atoms with E-state index in [1.165, 1.54) is 25.1 Å². The molecule has 0 saturated heterocycles. The molecule has 0 atom stereocenters. The van der Waals surface area contributed by atoms with Gasteiger partial charge in [-0.1, -0.05) is 0 Å². The third-order valence-corrected chi connectivity index (χ3v) is 5.00. The first kappa shape index (κ1) is 25.0. The smallest absolute Gasteiger partial charge is 0.354 e. The van der Waals surface area contributed by atoms with Crippen molar-refractivity contribution in [3.63, 3.8) is 0 Å². The average Bonchev–Trinajstić information content (AvgIpc) is 2.69. The first-order valence-corrected chi connectivity index (χ1v) is 12.6. The first-order valence-electron chi connectivity index (χ1n) is 8.85. The van der Waals surface area contributed by atoms with Gasteiger partial charge in [-0.05, 0) is 38.1 Å². The summed E-state index contributed by atoms with van der Waals surface area (Å²) in [5.74, 6) is -3.13. The Labute approximate surface area is 184 Å². The minimum absolute atomic E-state index is 0.0153. The minimum atomic E-state index is -4.15. The summed E-state index contributed by atoms with van der Waals surface area (Å²) in [6.07, 6.45) is 2.75. The summed E-state index contributed by atoms with van der Waals surface area (Å²) < 4.78 is 76.0. The molecule has 0 amide bonds. The Morgan fingerprint density at radius 2 is 1.84 bits per heavy atom. The highest BCUT2D eigenvalue weighted by Gasteiger charge is 2.21. The number of sulfone groups is 1. The van der Waals surface area contributed by atoms with Crippen molar-refractivity contribution in [1.82, 2.24) is 4.98 Å². The van der Waals surface area contributed by atoms with Gasteiger partial charge in [-0.25, -0.2) is 18.2 Å². The van der Waals surface area contributed by atoms with E-state index in [2.05, 4.69) is 15.5 Å². The summed E-state index contributed by atoms with van der Waals surface area (Å²) in [5, 5.41) is 3.53. The van der Waals surface area contributed by atoms with E-state index in [9.17, 15) is 21.6 Å². The number of halogens is 1. The number of hydrogen-bond acceptors (Lipinski definition) is 11. The van der Waals surface area contributed by atoms with Crippen molar-refractivity contribution in [3.05, 3.63) is 36.3 Å². The van der Waals surface area contributed by atoms with Gasteiger partial charge in [0.25, 0.3) is 0 Å². The zero-order valence-corrected chi connectivity index (χ0v) is 19.1. The van der Waals surface area contributed by atoms with E-state index in [4.69, 9.17) is 13.7 Å². The Morgan fingerprint density at radius 3 is 2.38 bits per heavy atom. The second-order valence-corrected chi connectivity index (χ2v) is 9.82. The van der Waals surface area contributed by atoms with Gasteiger partial charge in [0.2, 0.25) is 11.6 Å². The van der Waals surface area contributed by atoms with Gasteiger partial charge in [-0.2, -0.15) is 17.9 Å². The van der Waals surface area contributed by atoms with Crippen LogP contribution in [-0.4, -0.2) is 52.6 Å². The maximum atomic E-state index is 15.0. The quantitative estimate of drug-likeness (QED) is 0.240. The Bertz CT molecular complexity index is 1240. The summed E-state index contributed by atoms with van der Waals surface area (Å²) in [6.45, 7) is 3.06. The molecular formula is C18H20FN3O8S2. The first-order chi connectivity index (χ1) is 14.8. The third kappa shape index (κ3) is 6.88. The standard InChI is InChI=1S/C18H20FN3O8S2/c1-5-28-18(23)11(2)21-22-13-7-8-14(16(19)17(13)30-32(4,26)27)29-12-6-9-15(20-10-12)31(3,24)25/h6-10,22H,5H2,1-4H3/b21-11-. The predicted octanol–water partition coefficient (Wildman–Crippen LogP) is 2.11. The Hall–Kier alpha value is -3.26. The number of aromatic nitrogens is 1. The molecule has 2 rings (SSSR count). The second kappa shape index (κ2) is 9.91. The highest BCUT2D eigenvalue weighted by molar-refractivity contribution is 7.90. The van der Waals surface area contributed by atoms with Crippen LogP contribution in [0.3, 0.4) is 0 Å². The molecule has 14 heteroatoms. The number of anilines is 1. The van der Waals surface area contributed by atoms with Crippen LogP contribution in [0.15, 0.2) is 40.6 Å². The maximum absolute atomic E-state index is 15.0. The van der Waals surface area contributed by atoms with Crippen molar-refractivity contribution in [3.8, 4) is 17.2 Å². The highest BCUT2D eigenvalue weighted by atomic mass is 32.2. The van der Waals surface area contributed by atoms with Gasteiger partial charge in [0.1, 0.15) is 17.1 Å². The van der Waals surface area contributed by atoms with Gasteiger partial charge >= 0.3 is 16.1 Å². The van der Waals surface area contributed by atoms with Crippen LogP contribution in [0.4, 0.5) is 10.1 Å². The van der Waals surface area contributed by atoms with Gasteiger partial charge < -0.3 is 13.7 Å². The summed E-state index contributed by atoms with van der Waals surface area (Å²) in [4.78, 5) is 15.3. The monoisotopic (exact) mass is 489 g/mol. The molecule has 0 aliphatic heterocycles. The molecule has 2 aromatic rings. The summed E-state index contributed by atoms with van der Waals surface area (Å²) >= 11 is 0. The van der Waals surface area contributed by atoms with Crippen LogP contribution in [0, 0.1) is 5.82 Å². The van der Waals surface area contributed by atoms with Gasteiger partial charge in [0.15, 0.2) is 20.6 Å². The number of hydrogen-bond donors (Lipinski definition) is 1. The lowest BCUT2D eigenvalue weighted by Crippen LogP contribution is -2.16. The van der Waals surface area contributed by atoms with Crippen LogP contribution in [-0.2, 0) is 29.5 Å². The molecule has 174 valence electrons. The maximum Gasteiger partial charge on any atom is 0.354 e. The summed E-state index contributed by atoms with van der Waals surface area (Å²) in [7, 11) is -7.69. The van der Waals surface area contributed by atoms with Gasteiger partial charge in [0.05, 0.1) is 19.1 Å². The second-order valence-electron chi connectivity index (χ2n) is 6.28. The zero-order valence-electron chi connectivity index (χ0n) is 17.4. The summed E-state index contributed by atoms with van der Waals surface area (Å²) in [6, 6.07) is 4.77. The Kier molecular flexibility index (Phi) is 7.74. The van der Waals surface area contributed by atoms with Crippen LogP contribution in [0.5, 0.6) is 17.2 Å². The molecule has 1 aromatic heterocycles. The van der Waals surface area contributed by atoms with Crippen molar-refractivity contribution >= 4 is 37.3 Å². The number of nitrogens with one attached hydrogen (secondary N) is 1. The van der Waals surface area contributed by atoms with Crippen LogP contribution < -0.4 is 14.3 Å². The van der Waals surface area contributed by atoms with E-state index in [-0.39, 0.29) is 28.8 Å². The fraction of sp³-hybridized carbons (Fsp3) is 0.278. The minimum Gasteiger partial charge on any atom is -0.461 e. The van der Waals surface area contributed by atoms with Crippen LogP contribution in [0.1, 0.15) is 13.8 Å². The number of benzene rings is 1. The van der Waals surface area contributed by atoms with Crippen molar-refractivity contribution < 1.29 is 39.7 Å². The third-order valence-electron chi connectivity index (χ3n) is 3.53. The Morgan fingerprint density at radius 1 is 1.16 bits per heavy atom. The normalized spacial score (nSPS) is 12.2. The summed E-state index contributed by atoms with van der Waals surface area (Å²) in [5.41, 5.74) is 2.04. The van der Waals surface area contributed by atoms with Crippen molar-refractivity contribution in [1.29, 1.82) is 0 Å². The number of ether oxygens (including phenoxy) is 2. The molecule has 0 fully saturated rings. The van der Waals surface area contributed by atoms with E-state index < -0.39 is 43.2 Å². The SMILES string of the molecule is CCOC(=O)/C(C)=N\Nc1ccc(Oc2ccc(S(C)(=O)=O)nc2)c(F)c1OS(C)(=O)=O. The molecule has 11 nitrogen and oxygen atoms in total. The lowest BCUT2D eigenvalue weighted by Gasteiger charge is -2.14. The molecule has 0 spiro atoms. The van der Waals surface area contributed by atoms with Gasteiger partial charge in [-0.15, -0.1) is 0 Å². The van der Waals surface area contributed by atoms with Crippen LogP contribution >= 0.6 is 0 Å². The van der Waals surface area contributed by atoms with E-state index in [1.54, 1.807) is 6.92 Å². The van der Waals surface area contributed by atoms with Crippen molar-refractivity contribution in [2.45, 2.75) is 18.9 Å². The van der Waals surface area contributed by atoms with Gasteiger partial charge in [0, 0.05) is 6.26 Å². The molecule has 0 saturated carbocycles. The molecule has 0 radical (unpaired) electrons. The number of pyridine rings is 1. The molecule has 0 aliphatic rings. The highest BCUT2D eigenvalue weighted by Crippen LogP contribution is 2.37. The fourth-order valence-corrected chi connectivity index (χ4v) is 3.16.